The highest BCUT2D eigenvalue weighted by Gasteiger charge is 2.34. The molecule has 1 aliphatic rings. The summed E-state index contributed by atoms with van der Waals surface area (Å²) in [4.78, 5) is 13.5. The molecule has 0 aliphatic carbocycles. The summed E-state index contributed by atoms with van der Waals surface area (Å²) >= 11 is 0. The maximum Gasteiger partial charge on any atom is 0.248 e. The van der Waals surface area contributed by atoms with E-state index in [0.717, 1.165) is 17.0 Å². The van der Waals surface area contributed by atoms with Crippen LogP contribution < -0.4 is 15.0 Å². The van der Waals surface area contributed by atoms with Gasteiger partial charge in [-0.05, 0) is 25.2 Å². The summed E-state index contributed by atoms with van der Waals surface area (Å²) < 4.78 is 5.15. The highest BCUT2D eigenvalue weighted by molar-refractivity contribution is 6.04. The molecule has 1 unspecified atom stereocenters. The fourth-order valence-electron chi connectivity index (χ4n) is 1.92. The van der Waals surface area contributed by atoms with Crippen molar-refractivity contribution in [1.82, 2.24) is 5.32 Å². The van der Waals surface area contributed by atoms with Crippen molar-refractivity contribution in [3.05, 3.63) is 23.8 Å². The van der Waals surface area contributed by atoms with E-state index in [-0.39, 0.29) is 11.9 Å². The third-order valence-electron chi connectivity index (χ3n) is 2.77. The summed E-state index contributed by atoms with van der Waals surface area (Å²) in [5.74, 6) is 0.845. The predicted molar refractivity (Wildman–Crippen MR) is 58.2 cm³/mol. The van der Waals surface area contributed by atoms with Gasteiger partial charge in [0, 0.05) is 18.3 Å². The molecule has 1 aliphatic heterocycles. The van der Waals surface area contributed by atoms with E-state index in [2.05, 4.69) is 5.32 Å². The molecule has 0 saturated heterocycles. The lowest BCUT2D eigenvalue weighted by Gasteiger charge is -2.09. The smallest absolute Gasteiger partial charge is 0.248 e. The van der Waals surface area contributed by atoms with Crippen LogP contribution in [0.1, 0.15) is 11.6 Å². The number of nitrogens with zero attached hydrogens (tertiary/aromatic N) is 1. The molecule has 0 fully saturated rings. The third kappa shape index (κ3) is 1.37. The van der Waals surface area contributed by atoms with E-state index in [4.69, 9.17) is 4.74 Å². The minimum absolute atomic E-state index is 0.0701. The van der Waals surface area contributed by atoms with Gasteiger partial charge < -0.3 is 15.0 Å². The topological polar surface area (TPSA) is 41.6 Å². The summed E-state index contributed by atoms with van der Waals surface area (Å²) in [5.41, 5.74) is 1.92. The van der Waals surface area contributed by atoms with Gasteiger partial charge in [0.25, 0.3) is 0 Å². The Labute approximate surface area is 88.8 Å². The SMILES string of the molecule is CNC1C(=O)N(C)c2ccc(OC)cc21. The third-order valence-corrected chi connectivity index (χ3v) is 2.77. The number of amides is 1. The monoisotopic (exact) mass is 206 g/mol. The number of rotatable bonds is 2. The molecule has 1 heterocycles. The maximum atomic E-state index is 11.8. The quantitative estimate of drug-likeness (QED) is 0.782. The zero-order valence-electron chi connectivity index (χ0n) is 9.07. The fourth-order valence-corrected chi connectivity index (χ4v) is 1.92. The van der Waals surface area contributed by atoms with E-state index in [1.165, 1.54) is 0 Å². The number of likely N-dealkylation sites (N-methyl/N-ethyl adjacent to an activating group) is 2. The zero-order valence-corrected chi connectivity index (χ0v) is 9.07. The number of benzene rings is 1. The molecule has 0 radical (unpaired) electrons. The lowest BCUT2D eigenvalue weighted by atomic mass is 10.1. The molecule has 1 amide bonds. The van der Waals surface area contributed by atoms with Gasteiger partial charge in [0.1, 0.15) is 11.8 Å². The van der Waals surface area contributed by atoms with Crippen LogP contribution in [0.5, 0.6) is 5.75 Å². The number of carbonyl (C=O) groups excluding carboxylic acids is 1. The van der Waals surface area contributed by atoms with Gasteiger partial charge in [0.05, 0.1) is 7.11 Å². The standard InChI is InChI=1S/C11H14N2O2/c1-12-10-8-6-7(15-3)4-5-9(8)13(2)11(10)14/h4-6,10,12H,1-3H3. The van der Waals surface area contributed by atoms with Crippen molar-refractivity contribution in [1.29, 1.82) is 0 Å². The molecule has 1 aromatic carbocycles. The van der Waals surface area contributed by atoms with Crippen LogP contribution in [-0.2, 0) is 4.79 Å². The first-order valence-corrected chi connectivity index (χ1v) is 4.81. The highest BCUT2D eigenvalue weighted by atomic mass is 16.5. The van der Waals surface area contributed by atoms with Crippen molar-refractivity contribution >= 4 is 11.6 Å². The lowest BCUT2D eigenvalue weighted by Crippen LogP contribution is -2.30. The normalized spacial score (nSPS) is 19.3. The Kier molecular flexibility index (Phi) is 2.36. The molecular weight excluding hydrogens is 192 g/mol. The minimum atomic E-state index is -0.250. The van der Waals surface area contributed by atoms with E-state index in [9.17, 15) is 4.79 Å². The van der Waals surface area contributed by atoms with Crippen molar-refractivity contribution in [2.45, 2.75) is 6.04 Å². The molecular formula is C11H14N2O2. The Morgan fingerprint density at radius 3 is 2.80 bits per heavy atom. The van der Waals surface area contributed by atoms with Crippen molar-refractivity contribution < 1.29 is 9.53 Å². The largest absolute Gasteiger partial charge is 0.497 e. The van der Waals surface area contributed by atoms with E-state index >= 15 is 0 Å². The maximum absolute atomic E-state index is 11.8. The second-order valence-electron chi connectivity index (χ2n) is 3.54. The van der Waals surface area contributed by atoms with E-state index in [1.807, 2.05) is 18.2 Å². The number of carbonyl (C=O) groups is 1. The van der Waals surface area contributed by atoms with Gasteiger partial charge in [0.2, 0.25) is 5.91 Å². The van der Waals surface area contributed by atoms with Crippen LogP contribution in [0, 0.1) is 0 Å². The minimum Gasteiger partial charge on any atom is -0.497 e. The van der Waals surface area contributed by atoms with Gasteiger partial charge in [-0.2, -0.15) is 0 Å². The van der Waals surface area contributed by atoms with E-state index in [1.54, 1.807) is 26.1 Å². The number of fused-ring (bicyclic) bond motifs is 1. The van der Waals surface area contributed by atoms with Crippen LogP contribution >= 0.6 is 0 Å². The van der Waals surface area contributed by atoms with Gasteiger partial charge in [-0.1, -0.05) is 0 Å². The number of anilines is 1. The summed E-state index contributed by atoms with van der Waals surface area (Å²) in [6.45, 7) is 0. The molecule has 0 bridgehead atoms. The molecule has 15 heavy (non-hydrogen) atoms. The molecule has 1 aromatic rings. The highest BCUT2D eigenvalue weighted by Crippen LogP contribution is 2.36. The van der Waals surface area contributed by atoms with Crippen molar-refractivity contribution in [2.24, 2.45) is 0 Å². The van der Waals surface area contributed by atoms with Gasteiger partial charge in [0.15, 0.2) is 0 Å². The molecule has 0 saturated carbocycles. The molecule has 2 rings (SSSR count). The fraction of sp³-hybridized carbons (Fsp3) is 0.364. The predicted octanol–water partition coefficient (Wildman–Crippen LogP) is 0.932. The Balaban J connectivity index is 2.51. The lowest BCUT2D eigenvalue weighted by molar-refractivity contribution is -0.119. The second-order valence-corrected chi connectivity index (χ2v) is 3.54. The molecule has 0 aromatic heterocycles. The summed E-state index contributed by atoms with van der Waals surface area (Å²) in [7, 11) is 5.19. The molecule has 4 nitrogen and oxygen atoms in total. The number of ether oxygens (including phenoxy) is 1. The molecule has 4 heteroatoms. The van der Waals surface area contributed by atoms with Crippen LogP contribution in [-0.4, -0.2) is 27.1 Å². The van der Waals surface area contributed by atoms with Crippen molar-refractivity contribution in [3.8, 4) is 5.75 Å². The number of nitrogens with one attached hydrogen (secondary N) is 1. The average Bonchev–Trinajstić information content (AvgIpc) is 2.51. The van der Waals surface area contributed by atoms with Crippen molar-refractivity contribution in [2.75, 3.05) is 26.1 Å². The van der Waals surface area contributed by atoms with E-state index < -0.39 is 0 Å². The number of hydrogen-bond acceptors (Lipinski definition) is 3. The molecule has 0 spiro atoms. The summed E-state index contributed by atoms with van der Waals surface area (Å²) in [5, 5.41) is 3.00. The average molecular weight is 206 g/mol. The van der Waals surface area contributed by atoms with Gasteiger partial charge in [-0.25, -0.2) is 0 Å². The van der Waals surface area contributed by atoms with Crippen LogP contribution in [0.3, 0.4) is 0 Å². The van der Waals surface area contributed by atoms with Crippen molar-refractivity contribution in [3.63, 3.8) is 0 Å². The van der Waals surface area contributed by atoms with Gasteiger partial charge in [-0.3, -0.25) is 4.79 Å². The van der Waals surface area contributed by atoms with Gasteiger partial charge in [-0.15, -0.1) is 0 Å². The Hall–Kier alpha value is -1.55. The zero-order chi connectivity index (χ0) is 11.0. The Morgan fingerprint density at radius 2 is 2.20 bits per heavy atom. The van der Waals surface area contributed by atoms with Crippen LogP contribution in [0.4, 0.5) is 5.69 Å². The Morgan fingerprint density at radius 1 is 1.47 bits per heavy atom. The first-order valence-electron chi connectivity index (χ1n) is 4.81. The van der Waals surface area contributed by atoms with Crippen LogP contribution in [0.2, 0.25) is 0 Å². The molecule has 1 atom stereocenters. The first-order chi connectivity index (χ1) is 7.19. The second kappa shape index (κ2) is 3.55. The summed E-state index contributed by atoms with van der Waals surface area (Å²) in [6, 6.07) is 5.42. The number of hydrogen-bond donors (Lipinski definition) is 1. The summed E-state index contributed by atoms with van der Waals surface area (Å²) in [6.07, 6.45) is 0. The first kappa shape index (κ1) is 9.98. The van der Waals surface area contributed by atoms with E-state index in [0.29, 0.717) is 0 Å². The van der Waals surface area contributed by atoms with Gasteiger partial charge >= 0.3 is 0 Å². The molecule has 80 valence electrons. The molecule has 1 N–H and O–H groups in total. The van der Waals surface area contributed by atoms with Crippen LogP contribution in [0.15, 0.2) is 18.2 Å². The van der Waals surface area contributed by atoms with Crippen LogP contribution in [0.25, 0.3) is 0 Å². The Bertz CT molecular complexity index is 404. The number of methoxy groups -OCH3 is 1.